The second-order valence-corrected chi connectivity index (χ2v) is 6.98. The van der Waals surface area contributed by atoms with E-state index in [9.17, 15) is 14.4 Å². The van der Waals surface area contributed by atoms with Crippen LogP contribution in [0.25, 0.3) is 17.4 Å². The van der Waals surface area contributed by atoms with E-state index in [1.807, 2.05) is 25.1 Å². The molecule has 156 valence electrons. The minimum atomic E-state index is -0.497. The van der Waals surface area contributed by atoms with Crippen molar-refractivity contribution in [3.63, 3.8) is 0 Å². The summed E-state index contributed by atoms with van der Waals surface area (Å²) in [4.78, 5) is 36.9. The normalized spacial score (nSPS) is 14.8. The SMILES string of the molecule is CCOC(=O)c1ccc(-c2ccc(/C=C3/C(=O)NN(c4cccc(C)c4)C3=O)o2)cc1. The van der Waals surface area contributed by atoms with Gasteiger partial charge in [-0.15, -0.1) is 0 Å². The van der Waals surface area contributed by atoms with Gasteiger partial charge in [-0.2, -0.15) is 0 Å². The number of furan rings is 1. The number of anilines is 1. The molecule has 4 rings (SSSR count). The smallest absolute Gasteiger partial charge is 0.338 e. The van der Waals surface area contributed by atoms with Gasteiger partial charge in [-0.3, -0.25) is 15.0 Å². The lowest BCUT2D eigenvalue weighted by Crippen LogP contribution is -2.35. The fourth-order valence-corrected chi connectivity index (χ4v) is 3.22. The van der Waals surface area contributed by atoms with E-state index in [4.69, 9.17) is 9.15 Å². The van der Waals surface area contributed by atoms with Gasteiger partial charge in [0.05, 0.1) is 17.9 Å². The molecule has 0 atom stereocenters. The second-order valence-electron chi connectivity index (χ2n) is 6.98. The van der Waals surface area contributed by atoms with Crippen LogP contribution in [0, 0.1) is 6.92 Å². The largest absolute Gasteiger partial charge is 0.462 e. The molecule has 2 amide bonds. The van der Waals surface area contributed by atoms with Gasteiger partial charge in [0.25, 0.3) is 11.8 Å². The van der Waals surface area contributed by atoms with Gasteiger partial charge in [0.15, 0.2) is 0 Å². The molecule has 3 aromatic rings. The molecule has 0 bridgehead atoms. The Kier molecular flexibility index (Phi) is 5.41. The minimum absolute atomic E-state index is 0.0138. The number of nitrogens with one attached hydrogen (secondary N) is 1. The standard InChI is InChI=1S/C24H20N2O5/c1-3-30-24(29)17-9-7-16(8-10-17)21-12-11-19(31-21)14-20-22(27)25-26(23(20)28)18-6-4-5-15(2)13-18/h4-14H,3H2,1-2H3,(H,25,27)/b20-14-. The summed E-state index contributed by atoms with van der Waals surface area (Å²) in [6, 6.07) is 17.5. The average molecular weight is 416 g/mol. The van der Waals surface area contributed by atoms with Gasteiger partial charge >= 0.3 is 5.97 Å². The van der Waals surface area contributed by atoms with Crippen LogP contribution < -0.4 is 10.4 Å². The van der Waals surface area contributed by atoms with Crippen LogP contribution in [0.3, 0.4) is 0 Å². The Bertz CT molecular complexity index is 1190. The van der Waals surface area contributed by atoms with E-state index in [1.54, 1.807) is 49.4 Å². The molecule has 7 heteroatoms. The molecule has 1 aliphatic rings. The molecule has 0 spiro atoms. The van der Waals surface area contributed by atoms with Crippen LogP contribution in [0.4, 0.5) is 5.69 Å². The Labute approximate surface area is 178 Å². The molecular formula is C24H20N2O5. The fraction of sp³-hybridized carbons (Fsp3) is 0.125. The highest BCUT2D eigenvalue weighted by molar-refractivity contribution is 6.31. The van der Waals surface area contributed by atoms with Crippen LogP contribution in [0.2, 0.25) is 0 Å². The van der Waals surface area contributed by atoms with E-state index in [-0.39, 0.29) is 11.5 Å². The number of ether oxygens (including phenoxy) is 1. The average Bonchev–Trinajstić information content (AvgIpc) is 3.34. The number of hydrogen-bond acceptors (Lipinski definition) is 5. The summed E-state index contributed by atoms with van der Waals surface area (Å²) in [5.74, 6) is -0.420. The molecule has 7 nitrogen and oxygen atoms in total. The van der Waals surface area contributed by atoms with Gasteiger partial charge < -0.3 is 9.15 Å². The van der Waals surface area contributed by atoms with Crippen molar-refractivity contribution >= 4 is 29.5 Å². The zero-order valence-electron chi connectivity index (χ0n) is 17.0. The summed E-state index contributed by atoms with van der Waals surface area (Å²) in [6.45, 7) is 3.97. The number of carbonyl (C=O) groups is 3. The third-order valence-electron chi connectivity index (χ3n) is 4.75. The number of benzene rings is 2. The summed E-state index contributed by atoms with van der Waals surface area (Å²) in [7, 11) is 0. The third-order valence-corrected chi connectivity index (χ3v) is 4.75. The van der Waals surface area contributed by atoms with Crippen molar-refractivity contribution in [2.45, 2.75) is 13.8 Å². The van der Waals surface area contributed by atoms with Gasteiger partial charge in [0.1, 0.15) is 17.1 Å². The molecule has 2 aromatic carbocycles. The third kappa shape index (κ3) is 4.11. The second kappa shape index (κ2) is 8.31. The van der Waals surface area contributed by atoms with E-state index < -0.39 is 11.8 Å². The highest BCUT2D eigenvalue weighted by Gasteiger charge is 2.34. The summed E-state index contributed by atoms with van der Waals surface area (Å²) < 4.78 is 10.8. The maximum atomic E-state index is 12.8. The van der Waals surface area contributed by atoms with Gasteiger partial charge in [-0.25, -0.2) is 9.80 Å². The van der Waals surface area contributed by atoms with E-state index in [2.05, 4.69) is 5.43 Å². The maximum Gasteiger partial charge on any atom is 0.338 e. The Morgan fingerprint density at radius 1 is 1.10 bits per heavy atom. The first-order chi connectivity index (χ1) is 15.0. The molecule has 1 aliphatic heterocycles. The van der Waals surface area contributed by atoms with Gasteiger partial charge in [0.2, 0.25) is 0 Å². The predicted molar refractivity (Wildman–Crippen MR) is 115 cm³/mol. The molecule has 1 saturated heterocycles. The Morgan fingerprint density at radius 2 is 1.87 bits per heavy atom. The molecule has 0 unspecified atom stereocenters. The molecule has 31 heavy (non-hydrogen) atoms. The molecule has 0 radical (unpaired) electrons. The number of nitrogens with zero attached hydrogens (tertiary/aromatic N) is 1. The Morgan fingerprint density at radius 3 is 2.58 bits per heavy atom. The van der Waals surface area contributed by atoms with Crippen molar-refractivity contribution in [2.24, 2.45) is 0 Å². The van der Waals surface area contributed by atoms with Crippen molar-refractivity contribution in [1.82, 2.24) is 5.43 Å². The lowest BCUT2D eigenvalue weighted by atomic mass is 10.1. The minimum Gasteiger partial charge on any atom is -0.462 e. The van der Waals surface area contributed by atoms with Crippen molar-refractivity contribution in [3.05, 3.63) is 83.1 Å². The van der Waals surface area contributed by atoms with Crippen molar-refractivity contribution in [2.75, 3.05) is 11.6 Å². The van der Waals surface area contributed by atoms with Gasteiger partial charge in [0, 0.05) is 5.56 Å². The number of hydrazine groups is 1. The van der Waals surface area contributed by atoms with E-state index >= 15 is 0 Å². The van der Waals surface area contributed by atoms with Crippen molar-refractivity contribution in [1.29, 1.82) is 0 Å². The Balaban J connectivity index is 1.55. The highest BCUT2D eigenvalue weighted by Crippen LogP contribution is 2.26. The molecular weight excluding hydrogens is 396 g/mol. The van der Waals surface area contributed by atoms with Crippen molar-refractivity contribution < 1.29 is 23.5 Å². The first-order valence-electron chi connectivity index (χ1n) is 9.77. The lowest BCUT2D eigenvalue weighted by molar-refractivity contribution is -0.117. The quantitative estimate of drug-likeness (QED) is 0.387. The van der Waals surface area contributed by atoms with Crippen LogP contribution in [0.1, 0.15) is 28.6 Å². The van der Waals surface area contributed by atoms with Gasteiger partial charge in [-0.1, -0.05) is 24.3 Å². The summed E-state index contributed by atoms with van der Waals surface area (Å²) >= 11 is 0. The number of carbonyl (C=O) groups excluding carboxylic acids is 3. The maximum absolute atomic E-state index is 12.8. The highest BCUT2D eigenvalue weighted by atomic mass is 16.5. The van der Waals surface area contributed by atoms with E-state index in [0.29, 0.717) is 29.4 Å². The monoisotopic (exact) mass is 416 g/mol. The zero-order chi connectivity index (χ0) is 22.0. The van der Waals surface area contributed by atoms with Crippen LogP contribution in [0.15, 0.2) is 70.7 Å². The summed E-state index contributed by atoms with van der Waals surface area (Å²) in [6.07, 6.45) is 1.42. The van der Waals surface area contributed by atoms with E-state index in [1.165, 1.54) is 11.1 Å². The zero-order valence-corrected chi connectivity index (χ0v) is 17.0. The molecule has 2 heterocycles. The van der Waals surface area contributed by atoms with Crippen LogP contribution in [-0.4, -0.2) is 24.4 Å². The lowest BCUT2D eigenvalue weighted by Gasteiger charge is -2.14. The number of hydrogen-bond donors (Lipinski definition) is 1. The molecule has 1 N–H and O–H groups in total. The molecule has 1 fully saturated rings. The molecule has 0 saturated carbocycles. The number of esters is 1. The number of rotatable bonds is 5. The number of aryl methyl sites for hydroxylation is 1. The topological polar surface area (TPSA) is 88.9 Å². The fourth-order valence-electron chi connectivity index (χ4n) is 3.22. The van der Waals surface area contributed by atoms with Crippen LogP contribution in [-0.2, 0) is 14.3 Å². The van der Waals surface area contributed by atoms with Crippen LogP contribution >= 0.6 is 0 Å². The molecule has 0 aliphatic carbocycles. The van der Waals surface area contributed by atoms with Crippen LogP contribution in [0.5, 0.6) is 0 Å². The number of amides is 2. The summed E-state index contributed by atoms with van der Waals surface area (Å²) in [5, 5.41) is 1.22. The predicted octanol–water partition coefficient (Wildman–Crippen LogP) is 3.89. The molecule has 1 aromatic heterocycles. The van der Waals surface area contributed by atoms with E-state index in [0.717, 1.165) is 11.1 Å². The first kappa shape index (κ1) is 20.2. The van der Waals surface area contributed by atoms with Gasteiger partial charge in [-0.05, 0) is 61.9 Å². The Hall–Kier alpha value is -4.13. The van der Waals surface area contributed by atoms with Crippen molar-refractivity contribution in [3.8, 4) is 11.3 Å². The summed E-state index contributed by atoms with van der Waals surface area (Å²) in [5.41, 5.74) is 5.32. The first-order valence-corrected chi connectivity index (χ1v) is 9.77.